The van der Waals surface area contributed by atoms with Crippen LogP contribution in [0.5, 0.6) is 0 Å². The van der Waals surface area contributed by atoms with Gasteiger partial charge in [0.25, 0.3) is 5.91 Å². The zero-order chi connectivity index (χ0) is 13.3. The van der Waals surface area contributed by atoms with Crippen LogP contribution in [0, 0.1) is 5.41 Å². The van der Waals surface area contributed by atoms with Gasteiger partial charge in [0.05, 0.1) is 0 Å². The van der Waals surface area contributed by atoms with E-state index >= 15 is 0 Å². The second-order valence-electron chi connectivity index (χ2n) is 4.29. The summed E-state index contributed by atoms with van der Waals surface area (Å²) in [5, 5.41) is 2.53. The molecule has 0 bridgehead atoms. The van der Waals surface area contributed by atoms with Gasteiger partial charge in [0.15, 0.2) is 6.10 Å². The molecule has 0 aromatic carbocycles. The highest BCUT2D eigenvalue weighted by molar-refractivity contribution is 6.53. The largest absolute Gasteiger partial charge is 0.452 e. The average Bonchev–Trinajstić information content (AvgIpc) is 2.76. The van der Waals surface area contributed by atoms with Gasteiger partial charge in [-0.25, -0.2) is 0 Å². The lowest BCUT2D eigenvalue weighted by Crippen LogP contribution is -2.37. The minimum absolute atomic E-state index is 0.326. The van der Waals surface area contributed by atoms with Gasteiger partial charge in [0.2, 0.25) is 0 Å². The van der Waals surface area contributed by atoms with Crippen molar-refractivity contribution in [3.8, 4) is 0 Å². The van der Waals surface area contributed by atoms with Gasteiger partial charge in [0.1, 0.15) is 9.75 Å². The number of carbonyl (C=O) groups excluding carboxylic acids is 2. The highest BCUT2D eigenvalue weighted by Crippen LogP contribution is 2.64. The number of nitrogens with one attached hydrogen (secondary N) is 1. The van der Waals surface area contributed by atoms with E-state index in [1.807, 2.05) is 0 Å². The molecule has 0 saturated heterocycles. The van der Waals surface area contributed by atoms with Crippen LogP contribution in [0.25, 0.3) is 0 Å². The highest BCUT2D eigenvalue weighted by atomic mass is 35.5. The van der Waals surface area contributed by atoms with Crippen LogP contribution in [0.1, 0.15) is 20.3 Å². The van der Waals surface area contributed by atoms with E-state index in [0.29, 0.717) is 13.0 Å². The minimum Gasteiger partial charge on any atom is -0.452 e. The first-order valence-electron chi connectivity index (χ1n) is 5.22. The van der Waals surface area contributed by atoms with Crippen LogP contribution in [0.4, 0.5) is 0 Å². The molecule has 96 valence electrons. The first-order chi connectivity index (χ1) is 7.74. The van der Waals surface area contributed by atoms with E-state index in [1.54, 1.807) is 6.92 Å². The maximum Gasteiger partial charge on any atom is 0.315 e. The van der Waals surface area contributed by atoms with Crippen LogP contribution in [-0.4, -0.2) is 28.9 Å². The predicted octanol–water partition coefficient (Wildman–Crippen LogP) is 1.80. The van der Waals surface area contributed by atoms with Gasteiger partial charge in [-0.15, -0.1) is 29.8 Å². The molecule has 2 unspecified atom stereocenters. The van der Waals surface area contributed by atoms with Crippen LogP contribution in [0.3, 0.4) is 0 Å². The fourth-order valence-corrected chi connectivity index (χ4v) is 1.97. The summed E-state index contributed by atoms with van der Waals surface area (Å²) < 4.78 is 3.94. The van der Waals surface area contributed by atoms with Crippen molar-refractivity contribution in [3.05, 3.63) is 12.7 Å². The van der Waals surface area contributed by atoms with Crippen molar-refractivity contribution in [1.29, 1.82) is 0 Å². The fraction of sp³-hybridized carbons (Fsp3) is 0.636. The van der Waals surface area contributed by atoms with E-state index in [9.17, 15) is 9.59 Å². The number of hydrogen-bond donors (Lipinski definition) is 1. The molecule has 1 aliphatic rings. The zero-order valence-corrected chi connectivity index (χ0v) is 11.3. The molecule has 1 N–H and O–H groups in total. The number of hydrogen-bond acceptors (Lipinski definition) is 3. The van der Waals surface area contributed by atoms with Gasteiger partial charge in [-0.05, 0) is 13.8 Å². The molecule has 2 atom stereocenters. The summed E-state index contributed by atoms with van der Waals surface area (Å²) in [5.74, 6) is -0.930. The van der Waals surface area contributed by atoms with Gasteiger partial charge < -0.3 is 10.1 Å². The zero-order valence-electron chi connectivity index (χ0n) is 9.76. The Morgan fingerprint density at radius 3 is 2.53 bits per heavy atom. The molecule has 17 heavy (non-hydrogen) atoms. The third-order valence-electron chi connectivity index (χ3n) is 2.78. The molecule has 6 heteroatoms. The standard InChI is InChI=1S/C11H15Cl2NO3/c1-4-5-14-8(15)7(2)17-9(16)10(3)6-11(10,12)13/h4,7H,1,5-6H2,2-3H3,(H,14,15). The quantitative estimate of drug-likeness (QED) is 0.474. The van der Waals surface area contributed by atoms with Crippen molar-refractivity contribution in [1.82, 2.24) is 5.32 Å². The third kappa shape index (κ3) is 2.93. The lowest BCUT2D eigenvalue weighted by atomic mass is 10.1. The van der Waals surface area contributed by atoms with Gasteiger partial charge in [-0.1, -0.05) is 6.08 Å². The summed E-state index contributed by atoms with van der Waals surface area (Å²) in [5.41, 5.74) is -0.914. The molecule has 1 amide bonds. The summed E-state index contributed by atoms with van der Waals surface area (Å²) in [4.78, 5) is 23.2. The summed E-state index contributed by atoms with van der Waals surface area (Å²) in [6.07, 6.45) is 1.00. The van der Waals surface area contributed by atoms with E-state index in [1.165, 1.54) is 13.0 Å². The Balaban J connectivity index is 2.47. The molecule has 1 rings (SSSR count). The smallest absolute Gasteiger partial charge is 0.315 e. The van der Waals surface area contributed by atoms with Crippen molar-refractivity contribution >= 4 is 35.1 Å². The van der Waals surface area contributed by atoms with Crippen molar-refractivity contribution < 1.29 is 14.3 Å². The molecule has 1 saturated carbocycles. The molecule has 0 aliphatic heterocycles. The molecule has 4 nitrogen and oxygen atoms in total. The molecule has 1 aliphatic carbocycles. The Labute approximate surface area is 110 Å². The Bertz CT molecular complexity index is 357. The number of rotatable bonds is 5. The Kier molecular flexibility index (Phi) is 4.10. The van der Waals surface area contributed by atoms with E-state index in [0.717, 1.165) is 0 Å². The third-order valence-corrected chi connectivity index (χ3v) is 3.88. The summed E-state index contributed by atoms with van der Waals surface area (Å²) >= 11 is 11.7. The fourth-order valence-electron chi connectivity index (χ4n) is 1.28. The molecular weight excluding hydrogens is 265 g/mol. The van der Waals surface area contributed by atoms with Crippen LogP contribution in [0.2, 0.25) is 0 Å². The molecular formula is C11H15Cl2NO3. The number of halogens is 2. The highest BCUT2D eigenvalue weighted by Gasteiger charge is 2.69. The van der Waals surface area contributed by atoms with E-state index in [2.05, 4.69) is 11.9 Å². The second kappa shape index (κ2) is 4.86. The Morgan fingerprint density at radius 1 is 1.59 bits per heavy atom. The monoisotopic (exact) mass is 279 g/mol. The molecule has 0 spiro atoms. The summed E-state index contributed by atoms with van der Waals surface area (Å²) in [6, 6.07) is 0. The van der Waals surface area contributed by atoms with Gasteiger partial charge in [-0.3, -0.25) is 9.59 Å². The average molecular weight is 280 g/mol. The molecule has 0 aromatic heterocycles. The summed E-state index contributed by atoms with van der Waals surface area (Å²) in [6.45, 7) is 6.90. The number of carbonyl (C=O) groups is 2. The second-order valence-corrected chi connectivity index (χ2v) is 5.78. The molecule has 0 aromatic rings. The van der Waals surface area contributed by atoms with Gasteiger partial charge in [-0.2, -0.15) is 0 Å². The van der Waals surface area contributed by atoms with Gasteiger partial charge >= 0.3 is 5.97 Å². The van der Waals surface area contributed by atoms with E-state index < -0.39 is 21.8 Å². The maximum atomic E-state index is 11.7. The lowest BCUT2D eigenvalue weighted by Gasteiger charge is -2.16. The van der Waals surface area contributed by atoms with Gasteiger partial charge in [0, 0.05) is 13.0 Å². The lowest BCUT2D eigenvalue weighted by molar-refractivity contribution is -0.159. The Hall–Kier alpha value is -0.740. The first-order valence-corrected chi connectivity index (χ1v) is 5.98. The summed E-state index contributed by atoms with van der Waals surface area (Å²) in [7, 11) is 0. The molecule has 1 fully saturated rings. The number of ether oxygens (including phenoxy) is 1. The van der Waals surface area contributed by atoms with Crippen molar-refractivity contribution in [2.75, 3.05) is 6.54 Å². The van der Waals surface area contributed by atoms with Crippen molar-refractivity contribution in [2.24, 2.45) is 5.41 Å². The van der Waals surface area contributed by atoms with Crippen LogP contribution >= 0.6 is 23.2 Å². The first kappa shape index (κ1) is 14.3. The van der Waals surface area contributed by atoms with Crippen molar-refractivity contribution in [3.63, 3.8) is 0 Å². The number of esters is 1. The number of amides is 1. The predicted molar refractivity (Wildman–Crippen MR) is 65.9 cm³/mol. The van der Waals surface area contributed by atoms with Crippen LogP contribution < -0.4 is 5.32 Å². The number of alkyl halides is 2. The SMILES string of the molecule is C=CCNC(=O)C(C)OC(=O)C1(C)CC1(Cl)Cl. The van der Waals surface area contributed by atoms with E-state index in [4.69, 9.17) is 27.9 Å². The maximum absolute atomic E-state index is 11.7. The normalized spacial score (nSPS) is 26.8. The van der Waals surface area contributed by atoms with Crippen LogP contribution in [0.15, 0.2) is 12.7 Å². The molecule has 0 heterocycles. The van der Waals surface area contributed by atoms with E-state index in [-0.39, 0.29) is 5.91 Å². The Morgan fingerprint density at radius 2 is 2.12 bits per heavy atom. The van der Waals surface area contributed by atoms with Crippen molar-refractivity contribution in [2.45, 2.75) is 30.7 Å². The minimum atomic E-state index is -1.08. The van der Waals surface area contributed by atoms with Crippen LogP contribution in [-0.2, 0) is 14.3 Å². The molecule has 0 radical (unpaired) electrons. The topological polar surface area (TPSA) is 55.4 Å².